The average molecular weight is 588 g/mol. The number of aliphatic carboxylic acids is 1. The summed E-state index contributed by atoms with van der Waals surface area (Å²) in [6, 6.07) is 9.67. The molecule has 1 atom stereocenters. The smallest absolute Gasteiger partial charge is 0.303 e. The molecule has 1 aromatic carbocycles. The van der Waals surface area contributed by atoms with E-state index in [1.54, 1.807) is 12.3 Å². The fourth-order valence-electron chi connectivity index (χ4n) is 5.15. The molecule has 4 rings (SSSR count). The number of nitrogens with one attached hydrogen (secondary N) is 1. The third-order valence-electron chi connectivity index (χ3n) is 7.24. The Morgan fingerprint density at radius 3 is 2.52 bits per heavy atom. The molecule has 2 saturated heterocycles. The van der Waals surface area contributed by atoms with Gasteiger partial charge in [0.25, 0.3) is 0 Å². The summed E-state index contributed by atoms with van der Waals surface area (Å²) in [5.74, 6) is 1.04. The number of nitrogens with zero attached hydrogens (tertiary/aromatic N) is 5. The number of rotatable bonds is 9. The molecule has 0 spiro atoms. The SMILES string of the molecule is C=NC(=N/C=C(\C)Oc1cc(CN2CCC(CC(=O)O)CC2)cc(-c2cc(Cl)cc(Cl)c2)n1)N1CCC(NC)C1. The summed E-state index contributed by atoms with van der Waals surface area (Å²) in [5, 5.41) is 13.5. The lowest BCUT2D eigenvalue weighted by Gasteiger charge is -2.31. The van der Waals surface area contributed by atoms with Crippen molar-refractivity contribution in [2.24, 2.45) is 15.9 Å². The number of piperidine rings is 1. The Morgan fingerprint density at radius 2 is 1.90 bits per heavy atom. The molecule has 214 valence electrons. The van der Waals surface area contributed by atoms with Gasteiger partial charge in [0.15, 0.2) is 0 Å². The minimum Gasteiger partial charge on any atom is -0.481 e. The van der Waals surface area contributed by atoms with Crippen LogP contribution < -0.4 is 10.1 Å². The molecule has 2 aliphatic rings. The number of carboxylic acids is 1. The number of likely N-dealkylation sites (N-methyl/N-ethyl adjacent to an activating group) is 1. The van der Waals surface area contributed by atoms with E-state index < -0.39 is 5.97 Å². The van der Waals surface area contributed by atoms with Crippen LogP contribution >= 0.6 is 23.2 Å². The minimum absolute atomic E-state index is 0.224. The quantitative estimate of drug-likeness (QED) is 0.232. The van der Waals surface area contributed by atoms with Gasteiger partial charge in [0.2, 0.25) is 11.8 Å². The van der Waals surface area contributed by atoms with Crippen LogP contribution in [0, 0.1) is 5.92 Å². The summed E-state index contributed by atoms with van der Waals surface area (Å²) in [6.45, 7) is 9.55. The van der Waals surface area contributed by atoms with E-state index in [0.29, 0.717) is 45.9 Å². The number of guanidine groups is 1. The fraction of sp³-hybridized carbons (Fsp3) is 0.448. The van der Waals surface area contributed by atoms with E-state index in [1.807, 2.05) is 38.2 Å². The summed E-state index contributed by atoms with van der Waals surface area (Å²) < 4.78 is 6.13. The zero-order valence-corrected chi connectivity index (χ0v) is 24.5. The Kier molecular flexibility index (Phi) is 10.6. The molecule has 1 unspecified atom stereocenters. The van der Waals surface area contributed by atoms with Crippen LogP contribution in [-0.4, -0.2) is 77.8 Å². The highest BCUT2D eigenvalue weighted by atomic mass is 35.5. The predicted molar refractivity (Wildman–Crippen MR) is 160 cm³/mol. The van der Waals surface area contributed by atoms with E-state index in [1.165, 1.54) is 0 Å². The third-order valence-corrected chi connectivity index (χ3v) is 7.68. The fourth-order valence-corrected chi connectivity index (χ4v) is 5.67. The first-order valence-corrected chi connectivity index (χ1v) is 14.2. The van der Waals surface area contributed by atoms with E-state index in [2.05, 4.69) is 31.8 Å². The van der Waals surface area contributed by atoms with Gasteiger partial charge in [-0.25, -0.2) is 15.0 Å². The van der Waals surface area contributed by atoms with E-state index in [4.69, 9.17) is 38.0 Å². The van der Waals surface area contributed by atoms with Crippen LogP contribution in [-0.2, 0) is 11.3 Å². The van der Waals surface area contributed by atoms with Gasteiger partial charge in [0.1, 0.15) is 5.76 Å². The van der Waals surface area contributed by atoms with Crippen LogP contribution in [0.15, 0.2) is 52.3 Å². The van der Waals surface area contributed by atoms with Crippen molar-refractivity contribution in [2.45, 2.75) is 45.2 Å². The molecule has 40 heavy (non-hydrogen) atoms. The number of carboxylic acid groups (broad SMARTS) is 1. The molecule has 2 aliphatic heterocycles. The first-order chi connectivity index (χ1) is 19.2. The van der Waals surface area contributed by atoms with Crippen LogP contribution in [0.1, 0.15) is 38.2 Å². The third kappa shape index (κ3) is 8.51. The van der Waals surface area contributed by atoms with Crippen molar-refractivity contribution in [3.8, 4) is 17.1 Å². The Bertz CT molecular complexity index is 1260. The molecule has 2 fully saturated rings. The maximum atomic E-state index is 11.1. The predicted octanol–water partition coefficient (Wildman–Crippen LogP) is 5.33. The highest BCUT2D eigenvalue weighted by Gasteiger charge is 2.23. The summed E-state index contributed by atoms with van der Waals surface area (Å²) in [5.41, 5.74) is 2.50. The molecule has 0 bridgehead atoms. The Balaban J connectivity index is 1.54. The van der Waals surface area contributed by atoms with Gasteiger partial charge in [-0.3, -0.25) is 9.69 Å². The number of hydrogen-bond acceptors (Lipinski definition) is 6. The Labute approximate surface area is 245 Å². The van der Waals surface area contributed by atoms with Gasteiger partial charge in [0.05, 0.1) is 11.9 Å². The minimum atomic E-state index is -0.731. The lowest BCUT2D eigenvalue weighted by Crippen LogP contribution is -2.33. The van der Waals surface area contributed by atoms with Gasteiger partial charge in [-0.15, -0.1) is 0 Å². The summed E-state index contributed by atoms with van der Waals surface area (Å²) in [7, 11) is 1.96. The zero-order valence-electron chi connectivity index (χ0n) is 22.9. The number of carbonyl (C=O) groups is 1. The van der Waals surface area contributed by atoms with Gasteiger partial charge in [-0.2, -0.15) is 0 Å². The topological polar surface area (TPSA) is 103 Å². The molecule has 9 nitrogen and oxygen atoms in total. The van der Waals surface area contributed by atoms with Crippen molar-refractivity contribution >= 4 is 41.8 Å². The first-order valence-electron chi connectivity index (χ1n) is 13.4. The lowest BCUT2D eigenvalue weighted by atomic mass is 9.93. The number of ether oxygens (including phenoxy) is 1. The van der Waals surface area contributed by atoms with E-state index in [0.717, 1.165) is 56.6 Å². The van der Waals surface area contributed by atoms with Gasteiger partial charge in [-0.05, 0) is 88.8 Å². The Morgan fingerprint density at radius 1 is 1.18 bits per heavy atom. The number of allylic oxidation sites excluding steroid dienone is 1. The van der Waals surface area contributed by atoms with Crippen LogP contribution in [0.2, 0.25) is 10.0 Å². The second-order valence-electron chi connectivity index (χ2n) is 10.3. The molecule has 0 saturated carbocycles. The second kappa shape index (κ2) is 14.1. The highest BCUT2D eigenvalue weighted by molar-refractivity contribution is 6.35. The largest absolute Gasteiger partial charge is 0.481 e. The zero-order chi connectivity index (χ0) is 28.6. The number of likely N-dealkylation sites (tertiary alicyclic amines) is 2. The molecular formula is C29H36Cl2N6O3. The van der Waals surface area contributed by atoms with Gasteiger partial charge in [-0.1, -0.05) is 23.2 Å². The monoisotopic (exact) mass is 586 g/mol. The second-order valence-corrected chi connectivity index (χ2v) is 11.2. The van der Waals surface area contributed by atoms with Crippen molar-refractivity contribution in [3.05, 3.63) is 57.9 Å². The number of pyridine rings is 1. The molecule has 11 heteroatoms. The van der Waals surface area contributed by atoms with Crippen molar-refractivity contribution < 1.29 is 14.6 Å². The molecule has 3 heterocycles. The standard InChI is InChI=1S/C29H36Cl2N6O3/c1-19(16-34-29(33-3)37-9-6-25(18-37)32-2)40-27-11-21(17-36-7-4-20(5-8-36)12-28(38)39)10-26(35-27)22-13-23(30)15-24(31)14-22/h10-11,13-16,20,25,32H,3-9,12,17-18H2,1-2H3,(H,38,39)/b19-16+,34-29?. The van der Waals surface area contributed by atoms with Crippen LogP contribution in [0.3, 0.4) is 0 Å². The highest BCUT2D eigenvalue weighted by Crippen LogP contribution is 2.30. The summed E-state index contributed by atoms with van der Waals surface area (Å²) in [6.07, 6.45) is 4.61. The van der Waals surface area contributed by atoms with Crippen molar-refractivity contribution in [2.75, 3.05) is 33.2 Å². The molecule has 2 N–H and O–H groups in total. The first kappa shape index (κ1) is 30.0. The average Bonchev–Trinajstić information content (AvgIpc) is 3.38. The summed E-state index contributed by atoms with van der Waals surface area (Å²) in [4.78, 5) is 28.9. The lowest BCUT2D eigenvalue weighted by molar-refractivity contribution is -0.138. The van der Waals surface area contributed by atoms with Crippen molar-refractivity contribution in [1.29, 1.82) is 0 Å². The van der Waals surface area contributed by atoms with E-state index in [-0.39, 0.29) is 12.3 Å². The number of halogens is 2. The van der Waals surface area contributed by atoms with Crippen molar-refractivity contribution in [1.82, 2.24) is 20.1 Å². The number of aromatic nitrogens is 1. The molecule has 0 amide bonds. The molecule has 2 aromatic rings. The number of hydrogen-bond donors (Lipinski definition) is 2. The van der Waals surface area contributed by atoms with Crippen LogP contribution in [0.25, 0.3) is 11.3 Å². The van der Waals surface area contributed by atoms with Crippen LogP contribution in [0.4, 0.5) is 0 Å². The van der Waals surface area contributed by atoms with Gasteiger partial charge < -0.3 is 20.1 Å². The van der Waals surface area contributed by atoms with Crippen LogP contribution in [0.5, 0.6) is 5.88 Å². The molecule has 1 aromatic heterocycles. The maximum absolute atomic E-state index is 11.1. The normalized spacial score (nSPS) is 19.2. The molecule has 0 aliphatic carbocycles. The van der Waals surface area contributed by atoms with E-state index >= 15 is 0 Å². The number of aliphatic imine (C=N–C) groups is 2. The molecular weight excluding hydrogens is 551 g/mol. The maximum Gasteiger partial charge on any atom is 0.303 e. The Hall–Kier alpha value is -2.98. The van der Waals surface area contributed by atoms with E-state index in [9.17, 15) is 4.79 Å². The molecule has 0 radical (unpaired) electrons. The number of benzene rings is 1. The van der Waals surface area contributed by atoms with Crippen molar-refractivity contribution in [3.63, 3.8) is 0 Å². The summed E-state index contributed by atoms with van der Waals surface area (Å²) >= 11 is 12.6. The van der Waals surface area contributed by atoms with Gasteiger partial charge in [0, 0.05) is 53.8 Å². The van der Waals surface area contributed by atoms with Gasteiger partial charge >= 0.3 is 5.97 Å².